The molecule has 0 N–H and O–H groups in total. The van der Waals surface area contributed by atoms with Crippen LogP contribution in [0.15, 0.2) is 23.0 Å². The van der Waals surface area contributed by atoms with E-state index >= 15 is 0 Å². The summed E-state index contributed by atoms with van der Waals surface area (Å²) in [6.45, 7) is 5.95. The van der Waals surface area contributed by atoms with E-state index in [1.54, 1.807) is 0 Å². The lowest BCUT2D eigenvalue weighted by atomic mass is 10.0. The molecule has 144 valence electrons. The molecule has 2 heterocycles. The molecule has 4 rings (SSSR count). The van der Waals surface area contributed by atoms with Crippen LogP contribution in [0.5, 0.6) is 0 Å². The molecule has 1 aromatic rings. The van der Waals surface area contributed by atoms with E-state index < -0.39 is 0 Å². The quantitative estimate of drug-likeness (QED) is 0.687. The molecular formula is C21H26BrN3O2. The molecule has 1 amide bonds. The molecule has 2 fully saturated rings. The Bertz CT molecular complexity index is 882. The number of carbonyl (C=O) groups is 1. The van der Waals surface area contributed by atoms with Crippen molar-refractivity contribution in [3.8, 4) is 0 Å². The fraction of sp³-hybridized carbons (Fsp3) is 0.571. The lowest BCUT2D eigenvalue weighted by Crippen LogP contribution is -2.33. The summed E-state index contributed by atoms with van der Waals surface area (Å²) < 4.78 is 1.84. The summed E-state index contributed by atoms with van der Waals surface area (Å²) in [6, 6.07) is 0. The average molecular weight is 432 g/mol. The number of alkyl halides is 1. The number of hydrogen-bond acceptors (Lipinski definition) is 3. The SMILES string of the molecule is Cc1nc(C2=CCC(Br)C=C2)n(C[C@H]2CCN(C(=O)C3CC3)C2)c(=O)c1C. The summed E-state index contributed by atoms with van der Waals surface area (Å²) in [5.41, 5.74) is 2.55. The number of hydrogen-bond donors (Lipinski definition) is 0. The maximum atomic E-state index is 13.0. The zero-order valence-electron chi connectivity index (χ0n) is 15.9. The molecule has 0 spiro atoms. The molecule has 1 saturated carbocycles. The van der Waals surface area contributed by atoms with Crippen molar-refractivity contribution in [1.29, 1.82) is 0 Å². The highest BCUT2D eigenvalue weighted by molar-refractivity contribution is 9.09. The van der Waals surface area contributed by atoms with E-state index in [1.807, 2.05) is 29.4 Å². The minimum absolute atomic E-state index is 0.0414. The Morgan fingerprint density at radius 1 is 1.30 bits per heavy atom. The average Bonchev–Trinajstić information content (AvgIpc) is 3.41. The van der Waals surface area contributed by atoms with Crippen LogP contribution in [-0.2, 0) is 11.3 Å². The Morgan fingerprint density at radius 3 is 2.74 bits per heavy atom. The Labute approximate surface area is 168 Å². The molecule has 1 unspecified atom stereocenters. The third-order valence-corrected chi connectivity index (χ3v) is 6.59. The van der Waals surface area contributed by atoms with Crippen LogP contribution < -0.4 is 5.56 Å². The van der Waals surface area contributed by atoms with Crippen molar-refractivity contribution in [3.05, 3.63) is 45.7 Å². The number of nitrogens with zero attached hydrogens (tertiary/aromatic N) is 3. The molecule has 0 radical (unpaired) electrons. The molecule has 2 atom stereocenters. The normalized spacial score (nSPS) is 25.0. The molecule has 6 heteroatoms. The van der Waals surface area contributed by atoms with Gasteiger partial charge in [-0.3, -0.25) is 14.2 Å². The number of amides is 1. The molecule has 0 bridgehead atoms. The molecule has 3 aliphatic rings. The van der Waals surface area contributed by atoms with E-state index in [4.69, 9.17) is 4.98 Å². The smallest absolute Gasteiger partial charge is 0.256 e. The Hall–Kier alpha value is -1.69. The minimum Gasteiger partial charge on any atom is -0.342 e. The predicted octanol–water partition coefficient (Wildman–Crippen LogP) is 3.23. The minimum atomic E-state index is 0.0414. The molecule has 1 aromatic heterocycles. The summed E-state index contributed by atoms with van der Waals surface area (Å²) in [6.07, 6.45) is 10.2. The monoisotopic (exact) mass is 431 g/mol. The van der Waals surface area contributed by atoms with Gasteiger partial charge in [-0.2, -0.15) is 0 Å². The first-order chi connectivity index (χ1) is 12.9. The van der Waals surface area contributed by atoms with Gasteiger partial charge in [0.2, 0.25) is 5.91 Å². The first-order valence-electron chi connectivity index (χ1n) is 9.83. The van der Waals surface area contributed by atoms with Crippen LogP contribution in [0.1, 0.15) is 42.8 Å². The third kappa shape index (κ3) is 3.82. The van der Waals surface area contributed by atoms with Crippen molar-refractivity contribution >= 4 is 27.4 Å². The highest BCUT2D eigenvalue weighted by Gasteiger charge is 2.36. The fourth-order valence-electron chi connectivity index (χ4n) is 3.93. The van der Waals surface area contributed by atoms with E-state index in [-0.39, 0.29) is 11.5 Å². The predicted molar refractivity (Wildman–Crippen MR) is 110 cm³/mol. The second kappa shape index (κ2) is 7.38. The number of likely N-dealkylation sites (tertiary alicyclic amines) is 1. The number of aromatic nitrogens is 2. The molecule has 2 aliphatic carbocycles. The lowest BCUT2D eigenvalue weighted by Gasteiger charge is -2.20. The number of allylic oxidation sites excluding steroid dienone is 4. The van der Waals surface area contributed by atoms with Crippen molar-refractivity contribution in [2.45, 2.75) is 50.9 Å². The summed E-state index contributed by atoms with van der Waals surface area (Å²) in [5.74, 6) is 1.64. The van der Waals surface area contributed by atoms with Crippen LogP contribution in [0.2, 0.25) is 0 Å². The largest absolute Gasteiger partial charge is 0.342 e. The lowest BCUT2D eigenvalue weighted by molar-refractivity contribution is -0.131. The zero-order valence-corrected chi connectivity index (χ0v) is 17.5. The summed E-state index contributed by atoms with van der Waals surface area (Å²) in [5, 5.41) is 0. The summed E-state index contributed by atoms with van der Waals surface area (Å²) >= 11 is 3.60. The van der Waals surface area contributed by atoms with Gasteiger partial charge in [0.05, 0.1) is 0 Å². The van der Waals surface area contributed by atoms with Crippen LogP contribution in [0, 0.1) is 25.7 Å². The molecule has 27 heavy (non-hydrogen) atoms. The van der Waals surface area contributed by atoms with Gasteiger partial charge in [-0.25, -0.2) is 4.98 Å². The van der Waals surface area contributed by atoms with Crippen LogP contribution in [0.3, 0.4) is 0 Å². The van der Waals surface area contributed by atoms with Crippen molar-refractivity contribution < 1.29 is 4.79 Å². The van der Waals surface area contributed by atoms with Crippen molar-refractivity contribution in [2.75, 3.05) is 13.1 Å². The van der Waals surface area contributed by atoms with E-state index in [2.05, 4.69) is 28.1 Å². The van der Waals surface area contributed by atoms with Gasteiger partial charge in [-0.05, 0) is 45.4 Å². The molecular weight excluding hydrogens is 406 g/mol. The topological polar surface area (TPSA) is 55.2 Å². The summed E-state index contributed by atoms with van der Waals surface area (Å²) in [4.78, 5) is 32.5. The molecule has 1 saturated heterocycles. The van der Waals surface area contributed by atoms with Gasteiger partial charge >= 0.3 is 0 Å². The van der Waals surface area contributed by atoms with Crippen LogP contribution in [0.25, 0.3) is 5.57 Å². The van der Waals surface area contributed by atoms with E-state index in [9.17, 15) is 9.59 Å². The molecule has 5 nitrogen and oxygen atoms in total. The van der Waals surface area contributed by atoms with Gasteiger partial charge in [0.25, 0.3) is 5.56 Å². The second-order valence-corrected chi connectivity index (χ2v) is 9.22. The highest BCUT2D eigenvalue weighted by Crippen LogP contribution is 2.33. The number of aryl methyl sites for hydroxylation is 1. The second-order valence-electron chi connectivity index (χ2n) is 8.05. The van der Waals surface area contributed by atoms with Gasteiger partial charge < -0.3 is 4.90 Å². The van der Waals surface area contributed by atoms with Gasteiger partial charge in [0, 0.05) is 47.2 Å². The maximum absolute atomic E-state index is 13.0. The highest BCUT2D eigenvalue weighted by atomic mass is 79.9. The first-order valence-corrected chi connectivity index (χ1v) is 10.7. The standard InChI is InChI=1S/C21H26BrN3O2/c1-13-14(2)23-19(16-5-7-18(22)8-6-16)25(20(13)26)12-15-9-10-24(11-15)21(27)17-3-4-17/h5-7,15,17-18H,3-4,8-12H2,1-2H3/t15-,18?/m0/s1. The van der Waals surface area contributed by atoms with E-state index in [0.717, 1.165) is 55.9 Å². The number of carbonyl (C=O) groups excluding carboxylic acids is 1. The molecule has 0 aromatic carbocycles. The van der Waals surface area contributed by atoms with Crippen molar-refractivity contribution in [2.24, 2.45) is 11.8 Å². The van der Waals surface area contributed by atoms with Gasteiger partial charge in [-0.15, -0.1) is 0 Å². The third-order valence-electron chi connectivity index (χ3n) is 5.91. The first kappa shape index (κ1) is 18.7. The van der Waals surface area contributed by atoms with Crippen molar-refractivity contribution in [1.82, 2.24) is 14.5 Å². The summed E-state index contributed by atoms with van der Waals surface area (Å²) in [7, 11) is 0. The number of rotatable bonds is 4. The Kier molecular flexibility index (Phi) is 5.10. The van der Waals surface area contributed by atoms with Crippen molar-refractivity contribution in [3.63, 3.8) is 0 Å². The fourth-order valence-corrected chi connectivity index (χ4v) is 4.27. The molecule has 1 aliphatic heterocycles. The van der Waals surface area contributed by atoms with Crippen LogP contribution >= 0.6 is 15.9 Å². The van der Waals surface area contributed by atoms with E-state index in [0.29, 0.717) is 28.8 Å². The maximum Gasteiger partial charge on any atom is 0.256 e. The number of halogens is 1. The van der Waals surface area contributed by atoms with Gasteiger partial charge in [0.1, 0.15) is 5.82 Å². The Balaban J connectivity index is 1.60. The van der Waals surface area contributed by atoms with Gasteiger partial charge in [0.15, 0.2) is 0 Å². The van der Waals surface area contributed by atoms with E-state index in [1.165, 1.54) is 0 Å². The van der Waals surface area contributed by atoms with Crippen LogP contribution in [-0.4, -0.2) is 38.3 Å². The zero-order chi connectivity index (χ0) is 19.1. The van der Waals surface area contributed by atoms with Gasteiger partial charge in [-0.1, -0.05) is 34.2 Å². The van der Waals surface area contributed by atoms with Crippen LogP contribution in [0.4, 0.5) is 0 Å². The Morgan fingerprint density at radius 2 is 2.07 bits per heavy atom.